The molecule has 140 valence electrons. The van der Waals surface area contributed by atoms with E-state index in [1.54, 1.807) is 6.07 Å². The zero-order chi connectivity index (χ0) is 19.3. The van der Waals surface area contributed by atoms with E-state index in [0.29, 0.717) is 6.42 Å². The third kappa shape index (κ3) is 3.90. The molecule has 0 fully saturated rings. The van der Waals surface area contributed by atoms with E-state index in [2.05, 4.69) is 26.1 Å². The number of benzene rings is 1. The lowest BCUT2D eigenvalue weighted by Crippen LogP contribution is -2.28. The first-order valence-corrected chi connectivity index (χ1v) is 9.62. The molecule has 1 aromatic heterocycles. The zero-order valence-electron chi connectivity index (χ0n) is 16.6. The van der Waals surface area contributed by atoms with E-state index in [1.165, 1.54) is 0 Å². The Morgan fingerprint density at radius 2 is 1.65 bits per heavy atom. The summed E-state index contributed by atoms with van der Waals surface area (Å²) in [6.07, 6.45) is 4.02. The van der Waals surface area contributed by atoms with Crippen LogP contribution in [0.15, 0.2) is 29.1 Å². The summed E-state index contributed by atoms with van der Waals surface area (Å²) in [6, 6.07) is 7.67. The van der Waals surface area contributed by atoms with E-state index >= 15 is 0 Å². The topological polar surface area (TPSA) is 51.1 Å². The SMILES string of the molecule is CCCc1c(C(=O)Nc2c(CC)cccc2CC)c(=O)cc(CC)n1C. The molecule has 2 aromatic rings. The second kappa shape index (κ2) is 8.84. The van der Waals surface area contributed by atoms with Crippen molar-refractivity contribution in [1.29, 1.82) is 0 Å². The largest absolute Gasteiger partial charge is 0.351 e. The van der Waals surface area contributed by atoms with Gasteiger partial charge in [0.05, 0.1) is 0 Å². The molecule has 0 radical (unpaired) electrons. The van der Waals surface area contributed by atoms with Crippen molar-refractivity contribution < 1.29 is 4.79 Å². The number of para-hydroxylation sites is 1. The van der Waals surface area contributed by atoms with E-state index in [4.69, 9.17) is 0 Å². The number of nitrogens with one attached hydrogen (secondary N) is 1. The smallest absolute Gasteiger partial charge is 0.261 e. The quantitative estimate of drug-likeness (QED) is 0.807. The first-order valence-electron chi connectivity index (χ1n) is 9.62. The first kappa shape index (κ1) is 20.0. The summed E-state index contributed by atoms with van der Waals surface area (Å²) in [5.74, 6) is -0.299. The summed E-state index contributed by atoms with van der Waals surface area (Å²) in [7, 11) is 1.94. The molecule has 0 bridgehead atoms. The van der Waals surface area contributed by atoms with Crippen LogP contribution in [0.1, 0.15) is 67.0 Å². The molecule has 0 saturated heterocycles. The highest BCUT2D eigenvalue weighted by molar-refractivity contribution is 6.05. The molecule has 0 saturated carbocycles. The highest BCUT2D eigenvalue weighted by Crippen LogP contribution is 2.23. The number of pyridine rings is 1. The number of nitrogens with zero attached hydrogens (tertiary/aromatic N) is 1. The fourth-order valence-electron chi connectivity index (χ4n) is 3.49. The van der Waals surface area contributed by atoms with Crippen LogP contribution >= 0.6 is 0 Å². The van der Waals surface area contributed by atoms with Gasteiger partial charge in [-0.15, -0.1) is 0 Å². The number of aryl methyl sites for hydroxylation is 3. The van der Waals surface area contributed by atoms with Crippen LogP contribution < -0.4 is 10.7 Å². The molecule has 1 N–H and O–H groups in total. The van der Waals surface area contributed by atoms with Gasteiger partial charge in [-0.25, -0.2) is 0 Å². The Kier molecular flexibility index (Phi) is 6.78. The Labute approximate surface area is 156 Å². The van der Waals surface area contributed by atoms with Crippen molar-refractivity contribution in [3.8, 4) is 0 Å². The Balaban J connectivity index is 2.55. The maximum atomic E-state index is 13.1. The molecule has 0 aliphatic heterocycles. The van der Waals surface area contributed by atoms with Crippen molar-refractivity contribution >= 4 is 11.6 Å². The van der Waals surface area contributed by atoms with Crippen molar-refractivity contribution in [1.82, 2.24) is 4.57 Å². The maximum absolute atomic E-state index is 13.1. The number of anilines is 1. The molecule has 0 spiro atoms. The highest BCUT2D eigenvalue weighted by Gasteiger charge is 2.20. The van der Waals surface area contributed by atoms with Crippen LogP contribution in [0.25, 0.3) is 0 Å². The van der Waals surface area contributed by atoms with Crippen LogP contribution in [0.2, 0.25) is 0 Å². The van der Waals surface area contributed by atoms with Gasteiger partial charge in [-0.2, -0.15) is 0 Å². The molecular weight excluding hydrogens is 324 g/mol. The normalized spacial score (nSPS) is 10.8. The Hall–Kier alpha value is -2.36. The van der Waals surface area contributed by atoms with Gasteiger partial charge >= 0.3 is 0 Å². The van der Waals surface area contributed by atoms with Crippen LogP contribution in [0, 0.1) is 0 Å². The number of hydrogen-bond donors (Lipinski definition) is 1. The van der Waals surface area contributed by atoms with E-state index in [-0.39, 0.29) is 16.9 Å². The predicted octanol–water partition coefficient (Wildman–Crippen LogP) is 4.28. The molecule has 4 heteroatoms. The molecule has 1 aromatic carbocycles. The summed E-state index contributed by atoms with van der Waals surface area (Å²) in [5.41, 5.74) is 4.91. The van der Waals surface area contributed by atoms with Gasteiger partial charge in [-0.05, 0) is 36.8 Å². The van der Waals surface area contributed by atoms with Crippen LogP contribution in [-0.4, -0.2) is 10.5 Å². The summed E-state index contributed by atoms with van der Waals surface area (Å²) in [5, 5.41) is 3.05. The lowest BCUT2D eigenvalue weighted by atomic mass is 10.0. The second-order valence-corrected chi connectivity index (χ2v) is 6.60. The summed E-state index contributed by atoms with van der Waals surface area (Å²) in [4.78, 5) is 25.8. The number of amides is 1. The zero-order valence-corrected chi connectivity index (χ0v) is 16.6. The molecular formula is C22H30N2O2. The van der Waals surface area contributed by atoms with E-state index < -0.39 is 0 Å². The van der Waals surface area contributed by atoms with Crippen molar-refractivity contribution in [2.45, 2.75) is 59.8 Å². The minimum atomic E-state index is -0.299. The highest BCUT2D eigenvalue weighted by atomic mass is 16.2. The molecule has 0 atom stereocenters. The maximum Gasteiger partial charge on any atom is 0.261 e. The Morgan fingerprint density at radius 1 is 1.04 bits per heavy atom. The first-order chi connectivity index (χ1) is 12.5. The number of aromatic nitrogens is 1. The fraction of sp³-hybridized carbons (Fsp3) is 0.455. The summed E-state index contributed by atoms with van der Waals surface area (Å²) in [6.45, 7) is 8.23. The van der Waals surface area contributed by atoms with Crippen LogP contribution in [0.3, 0.4) is 0 Å². The molecule has 2 rings (SSSR count). The second-order valence-electron chi connectivity index (χ2n) is 6.60. The van der Waals surface area contributed by atoms with Crippen molar-refractivity contribution in [2.24, 2.45) is 7.05 Å². The van der Waals surface area contributed by atoms with Gasteiger partial charge in [0.25, 0.3) is 5.91 Å². The van der Waals surface area contributed by atoms with E-state index in [9.17, 15) is 9.59 Å². The van der Waals surface area contributed by atoms with Gasteiger partial charge in [0, 0.05) is 30.2 Å². The third-order valence-corrected chi connectivity index (χ3v) is 4.98. The average molecular weight is 354 g/mol. The standard InChI is InChI=1S/C22H30N2O2/c1-6-11-18-20(19(25)14-17(9-4)24(18)5)22(26)23-21-15(7-2)12-10-13-16(21)8-3/h10,12-14H,6-9,11H2,1-5H3,(H,23,26). The fourth-order valence-corrected chi connectivity index (χ4v) is 3.49. The lowest BCUT2D eigenvalue weighted by molar-refractivity contribution is 0.102. The Bertz CT molecular complexity index is 828. The molecule has 26 heavy (non-hydrogen) atoms. The molecule has 4 nitrogen and oxygen atoms in total. The van der Waals surface area contributed by atoms with E-state index in [1.807, 2.05) is 36.7 Å². The van der Waals surface area contributed by atoms with Crippen LogP contribution in [0.5, 0.6) is 0 Å². The molecule has 0 aliphatic rings. The van der Waals surface area contributed by atoms with Gasteiger partial charge in [-0.1, -0.05) is 52.3 Å². The van der Waals surface area contributed by atoms with Gasteiger partial charge in [-0.3, -0.25) is 9.59 Å². The number of hydrogen-bond acceptors (Lipinski definition) is 2. The van der Waals surface area contributed by atoms with E-state index in [0.717, 1.165) is 53.9 Å². The van der Waals surface area contributed by atoms with Gasteiger partial charge in [0.1, 0.15) is 5.56 Å². The molecule has 1 amide bonds. The number of carbonyl (C=O) groups excluding carboxylic acids is 1. The average Bonchev–Trinajstić information content (AvgIpc) is 2.64. The third-order valence-electron chi connectivity index (χ3n) is 4.98. The summed E-state index contributed by atoms with van der Waals surface area (Å²) < 4.78 is 2.01. The lowest BCUT2D eigenvalue weighted by Gasteiger charge is -2.19. The van der Waals surface area contributed by atoms with Gasteiger partial charge in [0.15, 0.2) is 5.43 Å². The predicted molar refractivity (Wildman–Crippen MR) is 108 cm³/mol. The van der Waals surface area contributed by atoms with Gasteiger partial charge in [0.2, 0.25) is 0 Å². The molecule has 1 heterocycles. The minimum Gasteiger partial charge on any atom is -0.351 e. The van der Waals surface area contributed by atoms with Gasteiger partial charge < -0.3 is 9.88 Å². The minimum absolute atomic E-state index is 0.187. The number of carbonyl (C=O) groups is 1. The van der Waals surface area contributed by atoms with Crippen LogP contribution in [0.4, 0.5) is 5.69 Å². The van der Waals surface area contributed by atoms with Crippen LogP contribution in [-0.2, 0) is 32.7 Å². The number of rotatable bonds is 7. The van der Waals surface area contributed by atoms with Crippen molar-refractivity contribution in [3.63, 3.8) is 0 Å². The molecule has 0 aliphatic carbocycles. The van der Waals surface area contributed by atoms with Crippen molar-refractivity contribution in [3.05, 3.63) is 62.6 Å². The summed E-state index contributed by atoms with van der Waals surface area (Å²) >= 11 is 0. The van der Waals surface area contributed by atoms with Crippen molar-refractivity contribution in [2.75, 3.05) is 5.32 Å². The Morgan fingerprint density at radius 3 is 2.15 bits per heavy atom. The monoisotopic (exact) mass is 354 g/mol. The molecule has 0 unspecified atom stereocenters.